The molecule has 1 aliphatic rings. The molecule has 0 spiro atoms. The smallest absolute Gasteiger partial charge is 0.128 e. The van der Waals surface area contributed by atoms with Crippen molar-refractivity contribution in [1.82, 2.24) is 14.5 Å². The van der Waals surface area contributed by atoms with E-state index in [1.165, 1.54) is 27.4 Å². The number of rotatable bonds is 5. The molecule has 1 N–H and O–H groups in total. The lowest BCUT2D eigenvalue weighted by atomic mass is 10.2. The van der Waals surface area contributed by atoms with Crippen LogP contribution in [-0.2, 0) is 6.54 Å². The van der Waals surface area contributed by atoms with Crippen molar-refractivity contribution in [2.24, 2.45) is 0 Å². The summed E-state index contributed by atoms with van der Waals surface area (Å²) in [6.07, 6.45) is 1.47. The molecule has 0 saturated carbocycles. The van der Waals surface area contributed by atoms with Crippen LogP contribution in [0.1, 0.15) is 5.56 Å². The van der Waals surface area contributed by atoms with Crippen molar-refractivity contribution in [2.45, 2.75) is 19.6 Å². The van der Waals surface area contributed by atoms with E-state index in [9.17, 15) is 5.11 Å². The maximum Gasteiger partial charge on any atom is 0.128 e. The normalized spacial score (nSPS) is 16.4. The SMILES string of the molecule is Cc1ccnc(N2CCN(CC(O)Cn3c4ccccc4c4ccccc43)CC2)c1. The number of hydrogen-bond donors (Lipinski definition) is 1. The van der Waals surface area contributed by atoms with Gasteiger partial charge in [-0.2, -0.15) is 0 Å². The number of benzene rings is 2. The Kier molecular flexibility index (Phi) is 5.15. The van der Waals surface area contributed by atoms with Gasteiger partial charge >= 0.3 is 0 Å². The highest BCUT2D eigenvalue weighted by Crippen LogP contribution is 2.29. The fourth-order valence-electron chi connectivity index (χ4n) is 4.62. The summed E-state index contributed by atoms with van der Waals surface area (Å²) in [7, 11) is 0. The van der Waals surface area contributed by atoms with Gasteiger partial charge in [0.15, 0.2) is 0 Å². The zero-order chi connectivity index (χ0) is 20.5. The molecule has 30 heavy (non-hydrogen) atoms. The molecule has 1 aliphatic heterocycles. The molecule has 1 atom stereocenters. The lowest BCUT2D eigenvalue weighted by molar-refractivity contribution is 0.0968. The van der Waals surface area contributed by atoms with Crippen molar-refractivity contribution in [2.75, 3.05) is 37.6 Å². The molecule has 1 saturated heterocycles. The minimum Gasteiger partial charge on any atom is -0.390 e. The van der Waals surface area contributed by atoms with Gasteiger partial charge in [0.25, 0.3) is 0 Å². The molecule has 1 fully saturated rings. The van der Waals surface area contributed by atoms with Crippen molar-refractivity contribution in [3.63, 3.8) is 0 Å². The third-order valence-electron chi connectivity index (χ3n) is 6.14. The molecule has 5 rings (SSSR count). The van der Waals surface area contributed by atoms with Crippen LogP contribution in [0.3, 0.4) is 0 Å². The molecule has 2 aromatic heterocycles. The van der Waals surface area contributed by atoms with Crippen LogP contribution in [0.5, 0.6) is 0 Å². The summed E-state index contributed by atoms with van der Waals surface area (Å²) in [6, 6.07) is 21.1. The standard InChI is InChI=1S/C25H28N4O/c1-19-10-11-26-25(16-19)28-14-12-27(13-15-28)17-20(30)18-29-23-8-4-2-6-21(23)22-7-3-5-9-24(22)29/h2-11,16,20,30H,12-15,17-18H2,1H3. The summed E-state index contributed by atoms with van der Waals surface area (Å²) in [4.78, 5) is 9.21. The first-order valence-electron chi connectivity index (χ1n) is 10.7. The van der Waals surface area contributed by atoms with Crippen molar-refractivity contribution in [1.29, 1.82) is 0 Å². The van der Waals surface area contributed by atoms with Gasteiger partial charge in [0.2, 0.25) is 0 Å². The third-order valence-corrected chi connectivity index (χ3v) is 6.14. The van der Waals surface area contributed by atoms with E-state index < -0.39 is 6.10 Å². The van der Waals surface area contributed by atoms with E-state index in [1.54, 1.807) is 0 Å². The monoisotopic (exact) mass is 400 g/mol. The Balaban J connectivity index is 1.26. The average Bonchev–Trinajstić information content (AvgIpc) is 3.08. The Morgan fingerprint density at radius 3 is 2.13 bits per heavy atom. The first-order chi connectivity index (χ1) is 14.7. The van der Waals surface area contributed by atoms with Crippen LogP contribution < -0.4 is 4.90 Å². The molecule has 1 unspecified atom stereocenters. The van der Waals surface area contributed by atoms with Crippen LogP contribution in [-0.4, -0.2) is 58.4 Å². The Labute approximate surface area is 177 Å². The molecule has 4 aromatic rings. The second kappa shape index (κ2) is 8.09. The number of para-hydroxylation sites is 2. The topological polar surface area (TPSA) is 44.5 Å². The molecule has 154 valence electrons. The number of hydrogen-bond acceptors (Lipinski definition) is 4. The van der Waals surface area contributed by atoms with Crippen molar-refractivity contribution < 1.29 is 5.11 Å². The summed E-state index contributed by atoms with van der Waals surface area (Å²) in [5.41, 5.74) is 3.62. The minimum absolute atomic E-state index is 0.409. The number of fused-ring (bicyclic) bond motifs is 3. The van der Waals surface area contributed by atoms with Crippen LogP contribution in [0.2, 0.25) is 0 Å². The number of β-amino-alcohol motifs (C(OH)–C–C–N with tert-alkyl or cyclic N) is 1. The summed E-state index contributed by atoms with van der Waals surface area (Å²) in [5.74, 6) is 1.06. The van der Waals surface area contributed by atoms with E-state index in [2.05, 4.69) is 80.9 Å². The van der Waals surface area contributed by atoms with Gasteiger partial charge in [-0.1, -0.05) is 36.4 Å². The summed E-state index contributed by atoms with van der Waals surface area (Å²) < 4.78 is 2.27. The number of aryl methyl sites for hydroxylation is 1. The van der Waals surface area contributed by atoms with Crippen molar-refractivity contribution >= 4 is 27.6 Å². The molecule has 0 bridgehead atoms. The van der Waals surface area contributed by atoms with E-state index in [4.69, 9.17) is 0 Å². The largest absolute Gasteiger partial charge is 0.390 e. The number of piperazine rings is 1. The molecular weight excluding hydrogens is 372 g/mol. The van der Waals surface area contributed by atoms with Gasteiger partial charge in [-0.15, -0.1) is 0 Å². The number of nitrogens with zero attached hydrogens (tertiary/aromatic N) is 4. The third kappa shape index (κ3) is 3.66. The Morgan fingerprint density at radius 2 is 1.50 bits per heavy atom. The van der Waals surface area contributed by atoms with Gasteiger partial charge in [0.05, 0.1) is 12.6 Å². The Morgan fingerprint density at radius 1 is 0.867 bits per heavy atom. The molecule has 3 heterocycles. The fraction of sp³-hybridized carbons (Fsp3) is 0.320. The lowest BCUT2D eigenvalue weighted by Gasteiger charge is -2.36. The van der Waals surface area contributed by atoms with E-state index in [-0.39, 0.29) is 0 Å². The quantitative estimate of drug-likeness (QED) is 0.555. The maximum atomic E-state index is 10.9. The van der Waals surface area contributed by atoms with Gasteiger partial charge in [0, 0.05) is 60.7 Å². The van der Waals surface area contributed by atoms with Gasteiger partial charge in [-0.05, 0) is 36.8 Å². The second-order valence-corrected chi connectivity index (χ2v) is 8.28. The Bertz CT molecular complexity index is 1110. The van der Waals surface area contributed by atoms with E-state index in [1.807, 2.05) is 12.3 Å². The highest BCUT2D eigenvalue weighted by atomic mass is 16.3. The first kappa shape index (κ1) is 19.1. The van der Waals surface area contributed by atoms with Gasteiger partial charge < -0.3 is 14.6 Å². The lowest BCUT2D eigenvalue weighted by Crippen LogP contribution is -2.49. The summed E-state index contributed by atoms with van der Waals surface area (Å²) in [6.45, 7) is 7.17. The second-order valence-electron chi connectivity index (χ2n) is 8.28. The van der Waals surface area contributed by atoms with Gasteiger partial charge in [-0.3, -0.25) is 4.90 Å². The van der Waals surface area contributed by atoms with Crippen LogP contribution in [0, 0.1) is 6.92 Å². The molecule has 0 aliphatic carbocycles. The molecule has 5 nitrogen and oxygen atoms in total. The van der Waals surface area contributed by atoms with Crippen LogP contribution in [0.25, 0.3) is 21.8 Å². The zero-order valence-electron chi connectivity index (χ0n) is 17.4. The highest BCUT2D eigenvalue weighted by Gasteiger charge is 2.21. The predicted octanol–water partition coefficient (Wildman–Crippen LogP) is 3.68. The first-order valence-corrected chi connectivity index (χ1v) is 10.7. The number of aliphatic hydroxyl groups is 1. The number of anilines is 1. The number of aliphatic hydroxyl groups excluding tert-OH is 1. The highest BCUT2D eigenvalue weighted by molar-refractivity contribution is 6.07. The maximum absolute atomic E-state index is 10.9. The fourth-order valence-corrected chi connectivity index (χ4v) is 4.62. The molecule has 2 aromatic carbocycles. The molecular formula is C25H28N4O. The van der Waals surface area contributed by atoms with Crippen LogP contribution in [0.4, 0.5) is 5.82 Å². The van der Waals surface area contributed by atoms with Crippen molar-refractivity contribution in [3.8, 4) is 0 Å². The average molecular weight is 401 g/mol. The van der Waals surface area contributed by atoms with Gasteiger partial charge in [0.1, 0.15) is 5.82 Å². The van der Waals surface area contributed by atoms with E-state index in [0.717, 1.165) is 32.0 Å². The Hall–Kier alpha value is -2.89. The van der Waals surface area contributed by atoms with Crippen molar-refractivity contribution in [3.05, 3.63) is 72.4 Å². The molecule has 5 heteroatoms. The van der Waals surface area contributed by atoms with Gasteiger partial charge in [-0.25, -0.2) is 4.98 Å². The zero-order valence-corrected chi connectivity index (χ0v) is 17.4. The molecule has 0 radical (unpaired) electrons. The summed E-state index contributed by atoms with van der Waals surface area (Å²) >= 11 is 0. The van der Waals surface area contributed by atoms with Crippen LogP contribution in [0.15, 0.2) is 66.9 Å². The summed E-state index contributed by atoms with van der Waals surface area (Å²) in [5, 5.41) is 13.4. The number of pyridine rings is 1. The molecule has 0 amide bonds. The van der Waals surface area contributed by atoms with E-state index >= 15 is 0 Å². The van der Waals surface area contributed by atoms with Crippen LogP contribution >= 0.6 is 0 Å². The minimum atomic E-state index is -0.409. The number of aromatic nitrogens is 2. The predicted molar refractivity (Wildman–Crippen MR) is 123 cm³/mol. The van der Waals surface area contributed by atoms with E-state index in [0.29, 0.717) is 13.1 Å².